The number of hydrogen-bond donors (Lipinski definition) is 4. The van der Waals surface area contributed by atoms with E-state index < -0.39 is 47.2 Å². The van der Waals surface area contributed by atoms with Crippen LogP contribution in [0.3, 0.4) is 0 Å². The van der Waals surface area contributed by atoms with Gasteiger partial charge in [-0.1, -0.05) is 23.2 Å². The molecule has 10 nitrogen and oxygen atoms in total. The summed E-state index contributed by atoms with van der Waals surface area (Å²) in [5.74, 6) is -9.05. The highest BCUT2D eigenvalue weighted by Gasteiger charge is 2.34. The maximum absolute atomic E-state index is 14.3. The van der Waals surface area contributed by atoms with Gasteiger partial charge in [0.2, 0.25) is 0 Å². The summed E-state index contributed by atoms with van der Waals surface area (Å²) in [5, 5.41) is 41.9. The minimum atomic E-state index is -1.41. The number of rotatable bonds is 9. The number of carboxylic acids is 2. The molecule has 2 aromatic heterocycles. The van der Waals surface area contributed by atoms with Crippen LogP contribution in [0.2, 0.25) is 10.0 Å². The van der Waals surface area contributed by atoms with Crippen LogP contribution in [0.25, 0.3) is 21.8 Å². The van der Waals surface area contributed by atoms with E-state index in [1.165, 1.54) is 83.6 Å². The van der Waals surface area contributed by atoms with Crippen molar-refractivity contribution in [2.45, 2.75) is 38.5 Å². The second-order valence-electron chi connectivity index (χ2n) is 12.3. The van der Waals surface area contributed by atoms with Crippen molar-refractivity contribution >= 4 is 68.8 Å². The zero-order valence-electron chi connectivity index (χ0n) is 27.3. The first-order chi connectivity index (χ1) is 24.6. The van der Waals surface area contributed by atoms with Gasteiger partial charge in [-0.05, 0) is 111 Å². The zero-order chi connectivity index (χ0) is 37.8. The Kier molecular flexibility index (Phi) is 9.56. The summed E-state index contributed by atoms with van der Waals surface area (Å²) < 4.78 is 31.1. The molecule has 0 radical (unpaired) electrons. The van der Waals surface area contributed by atoms with Crippen molar-refractivity contribution in [1.29, 1.82) is 0 Å². The molecule has 0 saturated heterocycles. The molecule has 14 heteroatoms. The molecule has 6 aromatic rings. The first-order valence-electron chi connectivity index (χ1n) is 15.7. The van der Waals surface area contributed by atoms with Crippen LogP contribution in [0.4, 0.5) is 8.78 Å². The molecule has 2 unspecified atom stereocenters. The average molecular weight is 750 g/mol. The van der Waals surface area contributed by atoms with E-state index in [4.69, 9.17) is 23.2 Å². The average Bonchev–Trinajstić information content (AvgIpc) is 3.53. The van der Waals surface area contributed by atoms with Gasteiger partial charge in [0.25, 0.3) is 11.8 Å². The third kappa shape index (κ3) is 6.24. The Morgan fingerprint density at radius 3 is 1.31 bits per heavy atom. The molecule has 4 N–H and O–H groups in total. The predicted molar refractivity (Wildman–Crippen MR) is 189 cm³/mol. The Balaban J connectivity index is 1.45. The van der Waals surface area contributed by atoms with Crippen LogP contribution in [0.15, 0.2) is 72.8 Å². The minimum absolute atomic E-state index is 0.0784. The Morgan fingerprint density at radius 2 is 0.981 bits per heavy atom. The number of carbonyl (C=O) groups excluding carboxylic acids is 2. The Bertz CT molecular complexity index is 2320. The first-order valence-corrected chi connectivity index (χ1v) is 16.5. The number of phenols is 2. The Labute approximate surface area is 303 Å². The van der Waals surface area contributed by atoms with Crippen LogP contribution in [0, 0.1) is 25.5 Å². The van der Waals surface area contributed by atoms with E-state index in [-0.39, 0.29) is 89.8 Å². The van der Waals surface area contributed by atoms with Gasteiger partial charge in [-0.25, -0.2) is 8.78 Å². The van der Waals surface area contributed by atoms with E-state index in [0.717, 1.165) is 12.1 Å². The summed E-state index contributed by atoms with van der Waals surface area (Å²) in [7, 11) is 0. The molecule has 0 amide bonds. The van der Waals surface area contributed by atoms with Crippen LogP contribution in [0.5, 0.6) is 11.5 Å². The molecule has 52 heavy (non-hydrogen) atoms. The summed E-state index contributed by atoms with van der Waals surface area (Å²) in [4.78, 5) is 53.4. The van der Waals surface area contributed by atoms with Crippen molar-refractivity contribution in [1.82, 2.24) is 9.13 Å². The summed E-state index contributed by atoms with van der Waals surface area (Å²) in [6.45, 7) is 2.99. The number of phenolic OH excluding ortho intramolecular Hbond substituents is 2. The highest BCUT2D eigenvalue weighted by molar-refractivity contribution is 6.31. The molecule has 0 bridgehead atoms. The largest absolute Gasteiger partial charge is 0.508 e. The van der Waals surface area contributed by atoms with Gasteiger partial charge >= 0.3 is 11.9 Å². The second kappa shape index (κ2) is 13.8. The first kappa shape index (κ1) is 36.1. The summed E-state index contributed by atoms with van der Waals surface area (Å²) in [6, 6.07) is 15.0. The number of hydrogen-bond acceptors (Lipinski definition) is 6. The third-order valence-corrected chi connectivity index (χ3v) is 9.86. The lowest BCUT2D eigenvalue weighted by Gasteiger charge is -2.18. The van der Waals surface area contributed by atoms with Crippen LogP contribution in [-0.4, -0.2) is 53.3 Å². The molecule has 0 saturated carbocycles. The van der Waals surface area contributed by atoms with E-state index >= 15 is 0 Å². The van der Waals surface area contributed by atoms with E-state index in [1.807, 2.05) is 0 Å². The minimum Gasteiger partial charge on any atom is -0.508 e. The van der Waals surface area contributed by atoms with Gasteiger partial charge in [-0.2, -0.15) is 0 Å². The molecule has 266 valence electrons. The van der Waals surface area contributed by atoms with Crippen molar-refractivity contribution < 1.29 is 48.4 Å². The van der Waals surface area contributed by atoms with Crippen molar-refractivity contribution in [3.05, 3.63) is 128 Å². The maximum Gasteiger partial charge on any atom is 0.311 e. The number of halogens is 4. The zero-order valence-corrected chi connectivity index (χ0v) is 28.8. The van der Waals surface area contributed by atoms with E-state index in [1.54, 1.807) is 0 Å². The van der Waals surface area contributed by atoms with E-state index in [2.05, 4.69) is 0 Å². The van der Waals surface area contributed by atoms with Gasteiger partial charge in [0.05, 0.1) is 32.9 Å². The van der Waals surface area contributed by atoms with Gasteiger partial charge in [-0.15, -0.1) is 0 Å². The van der Waals surface area contributed by atoms with E-state index in [9.17, 15) is 48.4 Å². The topological polar surface area (TPSA) is 159 Å². The fourth-order valence-electron chi connectivity index (χ4n) is 6.90. The van der Waals surface area contributed by atoms with Crippen molar-refractivity contribution in [2.75, 3.05) is 0 Å². The van der Waals surface area contributed by atoms with Crippen molar-refractivity contribution in [3.8, 4) is 11.5 Å². The second-order valence-corrected chi connectivity index (χ2v) is 13.1. The number of benzene rings is 4. The highest BCUT2D eigenvalue weighted by Crippen LogP contribution is 2.41. The van der Waals surface area contributed by atoms with Gasteiger partial charge in [-0.3, -0.25) is 28.3 Å². The lowest BCUT2D eigenvalue weighted by Crippen LogP contribution is -2.20. The summed E-state index contributed by atoms with van der Waals surface area (Å²) in [6.07, 6.45) is -0.597. The predicted octanol–water partition coefficient (Wildman–Crippen LogP) is 8.40. The normalized spacial score (nSPS) is 12.7. The molecule has 0 spiro atoms. The van der Waals surface area contributed by atoms with Crippen molar-refractivity contribution in [2.24, 2.45) is 0 Å². The summed E-state index contributed by atoms with van der Waals surface area (Å²) >= 11 is 11.6. The molecule has 0 aliphatic carbocycles. The van der Waals surface area contributed by atoms with Crippen LogP contribution < -0.4 is 0 Å². The molecule has 6 rings (SSSR count). The molecule has 2 heterocycles. The number of fused-ring (bicyclic) bond motifs is 2. The van der Waals surface area contributed by atoms with Gasteiger partial charge < -0.3 is 20.4 Å². The lowest BCUT2D eigenvalue weighted by atomic mass is 9.85. The van der Waals surface area contributed by atoms with Gasteiger partial charge in [0.15, 0.2) is 0 Å². The fraction of sp³-hybridized carbons (Fsp3) is 0.158. The van der Waals surface area contributed by atoms with E-state index in [0.29, 0.717) is 0 Å². The van der Waals surface area contributed by atoms with Gasteiger partial charge in [0.1, 0.15) is 23.1 Å². The Hall–Kier alpha value is -5.72. The quantitative estimate of drug-likeness (QED) is 0.115. The van der Waals surface area contributed by atoms with Crippen LogP contribution in [-0.2, 0) is 9.59 Å². The summed E-state index contributed by atoms with van der Waals surface area (Å²) in [5.41, 5.74) is 0.869. The van der Waals surface area contributed by atoms with Crippen LogP contribution >= 0.6 is 23.2 Å². The number of nitrogens with zero attached hydrogens (tertiary/aromatic N) is 2. The molecular formula is C38H28Cl2F2N2O8. The Morgan fingerprint density at radius 1 is 0.615 bits per heavy atom. The lowest BCUT2D eigenvalue weighted by molar-refractivity contribution is -0.141. The third-order valence-electron chi connectivity index (χ3n) is 9.25. The van der Waals surface area contributed by atoms with Crippen molar-refractivity contribution in [3.63, 3.8) is 0 Å². The number of aromatic nitrogens is 2. The molecule has 2 atom stereocenters. The number of carboxylic acid groups (broad SMARTS) is 2. The monoisotopic (exact) mass is 748 g/mol. The number of carbonyl (C=O) groups is 4. The fourth-order valence-corrected chi connectivity index (χ4v) is 7.13. The molecule has 0 aliphatic rings. The number of aliphatic carboxylic acids is 2. The smallest absolute Gasteiger partial charge is 0.311 e. The molecule has 4 aromatic carbocycles. The molecule has 0 fully saturated rings. The maximum atomic E-state index is 14.3. The van der Waals surface area contributed by atoms with Gasteiger partial charge in [0, 0.05) is 33.3 Å². The van der Waals surface area contributed by atoms with Crippen LogP contribution in [0.1, 0.15) is 67.9 Å². The molecular weight excluding hydrogens is 721 g/mol. The highest BCUT2D eigenvalue weighted by atomic mass is 35.5. The molecule has 0 aliphatic heterocycles. The number of aromatic hydroxyl groups is 2. The standard InChI is InChI=1S/C38H28Cl2F2N2O8/c1-17-33(25-15-21(45)5-11-31(25)43(17)35(47)19-3-9-27(39)29(41)13-19)23(37(49)50)7-8-24(38(51)52)34-18(2)44(32-12-6-22(46)16-26(32)34)36(48)20-4-10-28(40)30(42)14-20/h3-6,9-16,23-24,45-46H,7-8H2,1-2H3,(H,49,50)(H,51,52). The SMILES string of the molecule is Cc1c(C(CCC(C(=O)O)c2c(C)n(C(=O)c3ccc(Cl)c(F)c3)c3ccc(O)cc23)C(=O)O)c2cc(O)ccc2n1C(=O)c1ccc(Cl)c(F)c1.